The summed E-state index contributed by atoms with van der Waals surface area (Å²) in [5.41, 5.74) is 1.02. The van der Waals surface area contributed by atoms with Crippen molar-refractivity contribution in [2.24, 2.45) is 0 Å². The van der Waals surface area contributed by atoms with Gasteiger partial charge >= 0.3 is 5.97 Å². The SMILES string of the molecule is Cc1ccccc1OC(=O)c1nc(S(=O)(=O)Cc2ccccc2)ncc1Cl. The van der Waals surface area contributed by atoms with Gasteiger partial charge in [-0.3, -0.25) is 0 Å². The number of carbonyl (C=O) groups is 1. The Labute approximate surface area is 161 Å². The second-order valence-corrected chi connectivity index (χ2v) is 8.04. The Morgan fingerprint density at radius 2 is 1.74 bits per heavy atom. The van der Waals surface area contributed by atoms with E-state index in [1.165, 1.54) is 0 Å². The van der Waals surface area contributed by atoms with Crippen molar-refractivity contribution in [1.82, 2.24) is 9.97 Å². The fraction of sp³-hybridized carbons (Fsp3) is 0.105. The number of benzene rings is 2. The van der Waals surface area contributed by atoms with Gasteiger partial charge in [0.15, 0.2) is 5.69 Å². The van der Waals surface area contributed by atoms with Crippen LogP contribution in [0.4, 0.5) is 0 Å². The van der Waals surface area contributed by atoms with Crippen molar-refractivity contribution in [2.45, 2.75) is 17.8 Å². The average molecular weight is 403 g/mol. The maximum atomic E-state index is 12.6. The highest BCUT2D eigenvalue weighted by Gasteiger charge is 2.24. The number of ether oxygens (including phenoxy) is 1. The van der Waals surface area contributed by atoms with E-state index in [9.17, 15) is 13.2 Å². The smallest absolute Gasteiger partial charge is 0.364 e. The standard InChI is InChI=1S/C19H15ClN2O4S/c1-13-7-5-6-10-16(13)26-18(23)17-15(20)11-21-19(22-17)27(24,25)12-14-8-3-2-4-9-14/h2-11H,12H2,1H3. The lowest BCUT2D eigenvalue weighted by Crippen LogP contribution is -2.16. The first-order valence-electron chi connectivity index (χ1n) is 7.94. The molecule has 0 amide bonds. The van der Waals surface area contributed by atoms with Crippen LogP contribution >= 0.6 is 11.6 Å². The third-order valence-corrected chi connectivity index (χ3v) is 5.43. The van der Waals surface area contributed by atoms with Crippen LogP contribution in [0.15, 0.2) is 66.0 Å². The van der Waals surface area contributed by atoms with Crippen LogP contribution in [0.1, 0.15) is 21.6 Å². The minimum absolute atomic E-state index is 0.0905. The summed E-state index contributed by atoms with van der Waals surface area (Å²) < 4.78 is 30.4. The molecule has 3 aromatic rings. The lowest BCUT2D eigenvalue weighted by atomic mass is 10.2. The Balaban J connectivity index is 1.90. The van der Waals surface area contributed by atoms with Gasteiger partial charge in [0.1, 0.15) is 5.75 Å². The normalized spacial score (nSPS) is 11.2. The predicted molar refractivity (Wildman–Crippen MR) is 101 cm³/mol. The number of nitrogens with zero attached hydrogens (tertiary/aromatic N) is 2. The molecule has 1 heterocycles. The van der Waals surface area contributed by atoms with E-state index in [1.807, 2.05) is 0 Å². The zero-order valence-electron chi connectivity index (χ0n) is 14.3. The van der Waals surface area contributed by atoms with Gasteiger partial charge in [-0.05, 0) is 24.1 Å². The highest BCUT2D eigenvalue weighted by molar-refractivity contribution is 7.90. The number of carbonyl (C=O) groups excluding carboxylic acids is 1. The van der Waals surface area contributed by atoms with Gasteiger partial charge in [-0.15, -0.1) is 0 Å². The molecular formula is C19H15ClN2O4S. The van der Waals surface area contributed by atoms with Gasteiger partial charge in [0.05, 0.1) is 17.0 Å². The topological polar surface area (TPSA) is 86.2 Å². The third kappa shape index (κ3) is 4.50. The van der Waals surface area contributed by atoms with Crippen molar-refractivity contribution < 1.29 is 17.9 Å². The molecular weight excluding hydrogens is 388 g/mol. The fourth-order valence-corrected chi connectivity index (χ4v) is 3.69. The Morgan fingerprint density at radius 3 is 2.44 bits per heavy atom. The number of rotatable bonds is 5. The molecule has 0 fully saturated rings. The first kappa shape index (κ1) is 19.0. The Bertz CT molecular complexity index is 1090. The summed E-state index contributed by atoms with van der Waals surface area (Å²) in [6, 6.07) is 15.5. The molecule has 3 rings (SSSR count). The van der Waals surface area contributed by atoms with Crippen molar-refractivity contribution in [2.75, 3.05) is 0 Å². The number of para-hydroxylation sites is 1. The van der Waals surface area contributed by atoms with Crippen LogP contribution in [0.3, 0.4) is 0 Å². The van der Waals surface area contributed by atoms with E-state index >= 15 is 0 Å². The van der Waals surface area contributed by atoms with E-state index in [2.05, 4.69) is 9.97 Å². The molecule has 1 aromatic heterocycles. The van der Waals surface area contributed by atoms with Gasteiger partial charge in [0, 0.05) is 0 Å². The number of aromatic nitrogens is 2. The molecule has 0 aliphatic carbocycles. The second kappa shape index (κ2) is 7.85. The monoisotopic (exact) mass is 402 g/mol. The highest BCUT2D eigenvalue weighted by Crippen LogP contribution is 2.21. The summed E-state index contributed by atoms with van der Waals surface area (Å²) in [7, 11) is -3.86. The van der Waals surface area contributed by atoms with Crippen LogP contribution in [0.2, 0.25) is 5.02 Å². The zero-order chi connectivity index (χ0) is 19.4. The van der Waals surface area contributed by atoms with Crippen molar-refractivity contribution in [1.29, 1.82) is 0 Å². The zero-order valence-corrected chi connectivity index (χ0v) is 15.9. The third-order valence-electron chi connectivity index (χ3n) is 3.69. The van der Waals surface area contributed by atoms with E-state index in [0.29, 0.717) is 11.3 Å². The molecule has 0 aliphatic heterocycles. The molecule has 27 heavy (non-hydrogen) atoms. The maximum absolute atomic E-state index is 12.6. The molecule has 0 unspecified atom stereocenters. The van der Waals surface area contributed by atoms with E-state index in [1.54, 1.807) is 61.5 Å². The van der Waals surface area contributed by atoms with Crippen molar-refractivity contribution in [3.8, 4) is 5.75 Å². The van der Waals surface area contributed by atoms with E-state index in [-0.39, 0.29) is 16.5 Å². The Kier molecular flexibility index (Phi) is 5.53. The lowest BCUT2D eigenvalue weighted by Gasteiger charge is -2.09. The van der Waals surface area contributed by atoms with Crippen molar-refractivity contribution in [3.05, 3.63) is 82.6 Å². The minimum atomic E-state index is -3.86. The summed E-state index contributed by atoms with van der Waals surface area (Å²) in [5.74, 6) is -0.805. The molecule has 0 atom stereocenters. The summed E-state index contributed by atoms with van der Waals surface area (Å²) in [6.07, 6.45) is 1.08. The van der Waals surface area contributed by atoms with Crippen molar-refractivity contribution in [3.63, 3.8) is 0 Å². The number of sulfone groups is 1. The van der Waals surface area contributed by atoms with E-state index in [0.717, 1.165) is 11.8 Å². The van der Waals surface area contributed by atoms with Crippen LogP contribution < -0.4 is 4.74 Å². The van der Waals surface area contributed by atoms with Gasteiger partial charge < -0.3 is 4.74 Å². The van der Waals surface area contributed by atoms with Crippen LogP contribution in [-0.2, 0) is 15.6 Å². The molecule has 6 nitrogen and oxygen atoms in total. The largest absolute Gasteiger partial charge is 0.421 e. The molecule has 0 spiro atoms. The highest BCUT2D eigenvalue weighted by atomic mass is 35.5. The van der Waals surface area contributed by atoms with Crippen molar-refractivity contribution >= 4 is 27.4 Å². The maximum Gasteiger partial charge on any atom is 0.364 e. The van der Waals surface area contributed by atoms with E-state index in [4.69, 9.17) is 16.3 Å². The van der Waals surface area contributed by atoms with Gasteiger partial charge in [-0.2, -0.15) is 0 Å². The second-order valence-electron chi connectivity index (χ2n) is 5.75. The Hall–Kier alpha value is -2.77. The molecule has 0 saturated carbocycles. The van der Waals surface area contributed by atoms with Crippen LogP contribution in [0, 0.1) is 6.92 Å². The number of esters is 1. The van der Waals surface area contributed by atoms with Crippen LogP contribution in [-0.4, -0.2) is 24.4 Å². The molecule has 138 valence electrons. The van der Waals surface area contributed by atoms with Gasteiger partial charge in [-0.1, -0.05) is 60.1 Å². The summed E-state index contributed by atoms with van der Waals surface area (Å²) >= 11 is 5.99. The molecule has 2 aromatic carbocycles. The number of hydrogen-bond acceptors (Lipinski definition) is 6. The molecule has 8 heteroatoms. The molecule has 0 radical (unpaired) electrons. The lowest BCUT2D eigenvalue weighted by molar-refractivity contribution is 0.0726. The minimum Gasteiger partial charge on any atom is -0.421 e. The molecule has 0 bridgehead atoms. The molecule has 0 saturated heterocycles. The first-order valence-corrected chi connectivity index (χ1v) is 9.97. The van der Waals surface area contributed by atoms with Gasteiger partial charge in [0.2, 0.25) is 15.0 Å². The number of halogens is 1. The summed E-state index contributed by atoms with van der Waals surface area (Å²) in [6.45, 7) is 1.78. The predicted octanol–water partition coefficient (Wildman–Crippen LogP) is 3.63. The van der Waals surface area contributed by atoms with Crippen LogP contribution in [0.25, 0.3) is 0 Å². The van der Waals surface area contributed by atoms with Gasteiger partial charge in [-0.25, -0.2) is 23.2 Å². The fourth-order valence-electron chi connectivity index (χ4n) is 2.32. The molecule has 0 N–H and O–H groups in total. The number of aryl methyl sites for hydroxylation is 1. The number of hydrogen-bond donors (Lipinski definition) is 0. The van der Waals surface area contributed by atoms with Crippen LogP contribution in [0.5, 0.6) is 5.75 Å². The summed E-state index contributed by atoms with van der Waals surface area (Å²) in [4.78, 5) is 20.1. The Morgan fingerprint density at radius 1 is 1.07 bits per heavy atom. The van der Waals surface area contributed by atoms with E-state index < -0.39 is 21.0 Å². The van der Waals surface area contributed by atoms with Gasteiger partial charge in [0.25, 0.3) is 0 Å². The summed E-state index contributed by atoms with van der Waals surface area (Å²) in [5, 5.41) is -0.570. The quantitative estimate of drug-likeness (QED) is 0.368. The molecule has 0 aliphatic rings. The average Bonchev–Trinajstić information content (AvgIpc) is 2.64. The first-order chi connectivity index (χ1) is 12.9.